The number of phenolic OH excluding ortho intramolecular Hbond substituents is 1. The molecule has 0 radical (unpaired) electrons. The van der Waals surface area contributed by atoms with Gasteiger partial charge in [0, 0.05) is 6.54 Å². The Morgan fingerprint density at radius 2 is 1.81 bits per heavy atom. The molecule has 4 aromatic rings. The Kier molecular flexibility index (Phi) is 6.83. The van der Waals surface area contributed by atoms with E-state index in [0.29, 0.717) is 29.2 Å². The fourth-order valence-corrected chi connectivity index (χ4v) is 4.76. The summed E-state index contributed by atoms with van der Waals surface area (Å²) in [5.74, 6) is 0.889. The predicted molar refractivity (Wildman–Crippen MR) is 142 cm³/mol. The lowest BCUT2D eigenvalue weighted by Crippen LogP contribution is -2.29. The molecule has 0 spiro atoms. The number of nitrogens with zero attached hydrogens (tertiary/aromatic N) is 2. The Morgan fingerprint density at radius 1 is 1.03 bits per heavy atom. The maximum Gasteiger partial charge on any atom is 0.142 e. The van der Waals surface area contributed by atoms with Gasteiger partial charge in [0.2, 0.25) is 0 Å². The van der Waals surface area contributed by atoms with Gasteiger partial charge in [-0.25, -0.2) is 4.98 Å². The van der Waals surface area contributed by atoms with Crippen LogP contribution in [0.1, 0.15) is 35.4 Å². The SMILES string of the molecule is N#Cc1c(C2CCCNC2)cc(-c2c(O)cccc2OCc2ccc(-c3ccccc3)cc2)nc1N. The number of pyridine rings is 1. The third kappa shape index (κ3) is 4.88. The molecule has 1 fully saturated rings. The molecular weight excluding hydrogens is 448 g/mol. The maximum absolute atomic E-state index is 10.8. The molecule has 1 aromatic heterocycles. The number of phenols is 1. The van der Waals surface area contributed by atoms with Crippen LogP contribution in [-0.4, -0.2) is 23.2 Å². The number of hydrogen-bond acceptors (Lipinski definition) is 6. The van der Waals surface area contributed by atoms with Gasteiger partial charge in [-0.2, -0.15) is 5.26 Å². The Labute approximate surface area is 211 Å². The van der Waals surface area contributed by atoms with E-state index >= 15 is 0 Å². The van der Waals surface area contributed by atoms with Gasteiger partial charge in [0.25, 0.3) is 0 Å². The van der Waals surface area contributed by atoms with Crippen molar-refractivity contribution in [2.45, 2.75) is 25.4 Å². The van der Waals surface area contributed by atoms with Crippen molar-refractivity contribution in [2.75, 3.05) is 18.8 Å². The monoisotopic (exact) mass is 476 g/mol. The summed E-state index contributed by atoms with van der Waals surface area (Å²) in [7, 11) is 0. The second kappa shape index (κ2) is 10.5. The van der Waals surface area contributed by atoms with Crippen molar-refractivity contribution in [1.29, 1.82) is 5.26 Å². The molecule has 6 nitrogen and oxygen atoms in total. The van der Waals surface area contributed by atoms with Gasteiger partial charge >= 0.3 is 0 Å². The van der Waals surface area contributed by atoms with Gasteiger partial charge in [-0.15, -0.1) is 0 Å². The predicted octanol–water partition coefficient (Wildman–Crippen LogP) is 5.62. The summed E-state index contributed by atoms with van der Waals surface area (Å²) in [4.78, 5) is 4.49. The largest absolute Gasteiger partial charge is 0.507 e. The third-order valence-electron chi connectivity index (χ3n) is 6.64. The van der Waals surface area contributed by atoms with E-state index in [0.717, 1.165) is 48.2 Å². The fraction of sp³-hybridized carbons (Fsp3) is 0.200. The number of benzene rings is 3. The molecule has 1 unspecified atom stereocenters. The van der Waals surface area contributed by atoms with E-state index < -0.39 is 0 Å². The molecule has 3 aromatic carbocycles. The average Bonchev–Trinajstić information content (AvgIpc) is 2.93. The van der Waals surface area contributed by atoms with Crippen molar-refractivity contribution in [3.8, 4) is 40.0 Å². The van der Waals surface area contributed by atoms with E-state index in [2.05, 4.69) is 40.6 Å². The smallest absolute Gasteiger partial charge is 0.142 e. The first-order valence-corrected chi connectivity index (χ1v) is 12.1. The minimum atomic E-state index is 0.0521. The molecular formula is C30H28N4O2. The standard InChI is InChI=1S/C30H28N4O2/c31-17-25-24(23-8-5-15-33-18-23)16-26(34-30(25)32)29-27(35)9-4-10-28(29)36-19-20-11-13-22(14-12-20)21-6-2-1-3-7-21/h1-4,6-7,9-14,16,23,33,35H,5,8,15,18-19H2,(H2,32,34). The first-order chi connectivity index (χ1) is 17.6. The van der Waals surface area contributed by atoms with Crippen LogP contribution in [0.25, 0.3) is 22.4 Å². The van der Waals surface area contributed by atoms with Gasteiger partial charge in [-0.3, -0.25) is 0 Å². The minimum Gasteiger partial charge on any atom is -0.507 e. The highest BCUT2D eigenvalue weighted by Gasteiger charge is 2.24. The quantitative estimate of drug-likeness (QED) is 0.334. The zero-order valence-corrected chi connectivity index (χ0v) is 19.9. The number of aromatic nitrogens is 1. The Balaban J connectivity index is 1.43. The Morgan fingerprint density at radius 3 is 2.53 bits per heavy atom. The van der Waals surface area contributed by atoms with Crippen LogP contribution >= 0.6 is 0 Å². The van der Waals surface area contributed by atoms with Crippen molar-refractivity contribution < 1.29 is 9.84 Å². The van der Waals surface area contributed by atoms with Crippen LogP contribution in [0.2, 0.25) is 0 Å². The number of nitriles is 1. The van der Waals surface area contributed by atoms with Crippen molar-refractivity contribution in [3.05, 3.63) is 95.6 Å². The van der Waals surface area contributed by atoms with E-state index in [1.165, 1.54) is 0 Å². The number of rotatable bonds is 6. The normalized spacial score (nSPS) is 15.2. The highest BCUT2D eigenvalue weighted by atomic mass is 16.5. The maximum atomic E-state index is 10.8. The van der Waals surface area contributed by atoms with Crippen molar-refractivity contribution in [1.82, 2.24) is 10.3 Å². The molecule has 1 aliphatic rings. The van der Waals surface area contributed by atoms with Gasteiger partial charge in [0.05, 0.1) is 16.8 Å². The molecule has 36 heavy (non-hydrogen) atoms. The summed E-state index contributed by atoms with van der Waals surface area (Å²) >= 11 is 0. The lowest BCUT2D eigenvalue weighted by atomic mass is 9.88. The minimum absolute atomic E-state index is 0.0521. The number of nitrogens with one attached hydrogen (secondary N) is 1. The van der Waals surface area contributed by atoms with E-state index in [-0.39, 0.29) is 17.5 Å². The molecule has 0 amide bonds. The van der Waals surface area contributed by atoms with Crippen molar-refractivity contribution in [3.63, 3.8) is 0 Å². The molecule has 1 saturated heterocycles. The summed E-state index contributed by atoms with van der Waals surface area (Å²) in [6.07, 6.45) is 1.99. The van der Waals surface area contributed by atoms with Crippen LogP contribution < -0.4 is 15.8 Å². The highest BCUT2D eigenvalue weighted by molar-refractivity contribution is 5.76. The topological polar surface area (TPSA) is 104 Å². The first kappa shape index (κ1) is 23.4. The number of nitrogens with two attached hydrogens (primary N) is 1. The number of ether oxygens (including phenoxy) is 1. The van der Waals surface area contributed by atoms with Gasteiger partial charge in [-0.1, -0.05) is 60.7 Å². The zero-order valence-electron chi connectivity index (χ0n) is 19.9. The van der Waals surface area contributed by atoms with E-state index in [1.807, 2.05) is 42.5 Å². The van der Waals surface area contributed by atoms with Crippen molar-refractivity contribution >= 4 is 5.82 Å². The summed E-state index contributed by atoms with van der Waals surface area (Å²) < 4.78 is 6.17. The van der Waals surface area contributed by atoms with Gasteiger partial charge < -0.3 is 20.9 Å². The molecule has 2 heterocycles. The summed E-state index contributed by atoms with van der Waals surface area (Å²) in [6.45, 7) is 2.08. The number of hydrogen-bond donors (Lipinski definition) is 3. The van der Waals surface area contributed by atoms with Gasteiger partial charge in [-0.05, 0) is 65.8 Å². The third-order valence-corrected chi connectivity index (χ3v) is 6.64. The Hall–Kier alpha value is -4.34. The molecule has 0 saturated carbocycles. The van der Waals surface area contributed by atoms with Crippen LogP contribution in [-0.2, 0) is 6.61 Å². The lowest BCUT2D eigenvalue weighted by molar-refractivity contribution is 0.306. The second-order valence-electron chi connectivity index (χ2n) is 9.01. The Bertz CT molecular complexity index is 1390. The second-order valence-corrected chi connectivity index (χ2v) is 9.01. The van der Waals surface area contributed by atoms with Crippen LogP contribution in [0.5, 0.6) is 11.5 Å². The molecule has 0 aliphatic carbocycles. The highest BCUT2D eigenvalue weighted by Crippen LogP contribution is 2.40. The van der Waals surface area contributed by atoms with Crippen LogP contribution in [0.3, 0.4) is 0 Å². The average molecular weight is 477 g/mol. The number of aromatic hydroxyl groups is 1. The summed E-state index contributed by atoms with van der Waals surface area (Å²) in [5.41, 5.74) is 11.8. The molecule has 4 N–H and O–H groups in total. The van der Waals surface area contributed by atoms with E-state index in [9.17, 15) is 10.4 Å². The van der Waals surface area contributed by atoms with E-state index in [1.54, 1.807) is 12.1 Å². The number of piperidine rings is 1. The van der Waals surface area contributed by atoms with Gasteiger partial charge in [0.15, 0.2) is 0 Å². The zero-order chi connectivity index (χ0) is 24.9. The molecule has 1 aliphatic heterocycles. The molecule has 1 atom stereocenters. The lowest BCUT2D eigenvalue weighted by Gasteiger charge is -2.25. The summed E-state index contributed by atoms with van der Waals surface area (Å²) in [6, 6.07) is 27.7. The fourth-order valence-electron chi connectivity index (χ4n) is 4.76. The first-order valence-electron chi connectivity index (χ1n) is 12.1. The number of nitrogen functional groups attached to an aromatic ring is 1. The molecule has 0 bridgehead atoms. The van der Waals surface area contributed by atoms with Gasteiger partial charge in [0.1, 0.15) is 30.0 Å². The number of anilines is 1. The van der Waals surface area contributed by atoms with Crippen LogP contribution in [0.4, 0.5) is 5.82 Å². The molecule has 5 rings (SSSR count). The summed E-state index contributed by atoms with van der Waals surface area (Å²) in [5, 5.41) is 23.9. The van der Waals surface area contributed by atoms with Crippen LogP contribution in [0.15, 0.2) is 78.9 Å². The van der Waals surface area contributed by atoms with Crippen LogP contribution in [0, 0.1) is 11.3 Å². The van der Waals surface area contributed by atoms with Crippen molar-refractivity contribution in [2.24, 2.45) is 0 Å². The molecule has 180 valence electrons. The van der Waals surface area contributed by atoms with E-state index in [4.69, 9.17) is 10.5 Å². The molecule has 6 heteroatoms.